The lowest BCUT2D eigenvalue weighted by Gasteiger charge is -2.10. The summed E-state index contributed by atoms with van der Waals surface area (Å²) < 4.78 is 26.6. The Balaban J connectivity index is 2.81. The first-order valence-corrected chi connectivity index (χ1v) is 7.51. The molecular formula is C10H17NO3S2. The van der Waals surface area contributed by atoms with Crippen LogP contribution < -0.4 is 4.72 Å². The summed E-state index contributed by atoms with van der Waals surface area (Å²) in [4.78, 5) is 0.882. The van der Waals surface area contributed by atoms with Gasteiger partial charge < -0.3 is 5.11 Å². The molecule has 0 saturated heterocycles. The molecule has 0 aliphatic carbocycles. The van der Waals surface area contributed by atoms with Crippen LogP contribution in [-0.4, -0.2) is 26.2 Å². The van der Waals surface area contributed by atoms with E-state index in [4.69, 9.17) is 5.11 Å². The highest BCUT2D eigenvalue weighted by molar-refractivity contribution is 7.91. The van der Waals surface area contributed by atoms with E-state index >= 15 is 0 Å². The highest BCUT2D eigenvalue weighted by atomic mass is 32.2. The molecule has 6 heteroatoms. The van der Waals surface area contributed by atoms with Crippen LogP contribution in [0.1, 0.15) is 25.1 Å². The Kier molecular flexibility index (Phi) is 4.91. The first-order chi connectivity index (χ1) is 7.49. The second-order valence-electron chi connectivity index (χ2n) is 3.62. The third-order valence-corrected chi connectivity index (χ3v) is 5.46. The van der Waals surface area contributed by atoms with Crippen molar-refractivity contribution in [2.45, 2.75) is 36.9 Å². The van der Waals surface area contributed by atoms with Gasteiger partial charge in [-0.05, 0) is 25.5 Å². The Hall–Kier alpha value is -0.430. The van der Waals surface area contributed by atoms with Crippen LogP contribution in [0, 0.1) is 0 Å². The van der Waals surface area contributed by atoms with E-state index in [0.717, 1.165) is 11.3 Å². The Morgan fingerprint density at radius 2 is 2.19 bits per heavy atom. The van der Waals surface area contributed by atoms with E-state index in [1.165, 1.54) is 11.3 Å². The number of thiophene rings is 1. The molecule has 1 heterocycles. The fraction of sp³-hybridized carbons (Fsp3) is 0.600. The normalized spacial score (nSPS) is 13.9. The lowest BCUT2D eigenvalue weighted by molar-refractivity contribution is 0.300. The number of aliphatic hydroxyl groups excluding tert-OH is 1. The van der Waals surface area contributed by atoms with Crippen molar-refractivity contribution in [3.63, 3.8) is 0 Å². The maximum Gasteiger partial charge on any atom is 0.250 e. The van der Waals surface area contributed by atoms with Crippen LogP contribution >= 0.6 is 11.3 Å². The lowest BCUT2D eigenvalue weighted by Crippen LogP contribution is -2.31. The molecule has 1 aromatic rings. The van der Waals surface area contributed by atoms with Crippen molar-refractivity contribution in [1.82, 2.24) is 4.72 Å². The van der Waals surface area contributed by atoms with Gasteiger partial charge in [-0.2, -0.15) is 0 Å². The molecule has 0 spiro atoms. The number of aliphatic hydroxyl groups is 1. The molecule has 1 aromatic heterocycles. The highest BCUT2D eigenvalue weighted by Gasteiger charge is 2.18. The van der Waals surface area contributed by atoms with Gasteiger partial charge >= 0.3 is 0 Å². The number of sulfonamides is 1. The molecule has 1 atom stereocenters. The fourth-order valence-corrected chi connectivity index (χ4v) is 3.84. The molecule has 92 valence electrons. The Labute approximate surface area is 100 Å². The van der Waals surface area contributed by atoms with Gasteiger partial charge in [0.2, 0.25) is 10.0 Å². The minimum atomic E-state index is -3.38. The van der Waals surface area contributed by atoms with Crippen molar-refractivity contribution in [2.24, 2.45) is 0 Å². The fourth-order valence-electron chi connectivity index (χ4n) is 1.15. The van der Waals surface area contributed by atoms with E-state index in [9.17, 15) is 8.42 Å². The molecule has 0 amide bonds. The average molecular weight is 263 g/mol. The van der Waals surface area contributed by atoms with Gasteiger partial charge in [-0.1, -0.05) is 6.92 Å². The van der Waals surface area contributed by atoms with Gasteiger partial charge in [-0.25, -0.2) is 13.1 Å². The smallest absolute Gasteiger partial charge is 0.250 e. The predicted molar refractivity (Wildman–Crippen MR) is 65.2 cm³/mol. The molecule has 1 unspecified atom stereocenters. The maximum atomic E-state index is 11.9. The molecule has 1 rings (SSSR count). The molecule has 0 aliphatic rings. The topological polar surface area (TPSA) is 66.4 Å². The second kappa shape index (κ2) is 5.77. The first kappa shape index (κ1) is 13.6. The minimum absolute atomic E-state index is 0.0405. The third-order valence-electron chi connectivity index (χ3n) is 2.23. The van der Waals surface area contributed by atoms with Gasteiger partial charge in [-0.3, -0.25) is 0 Å². The number of hydrogen-bond acceptors (Lipinski definition) is 4. The molecule has 0 fully saturated rings. The second-order valence-corrected chi connectivity index (χ2v) is 6.73. The van der Waals surface area contributed by atoms with E-state index < -0.39 is 10.0 Å². The summed E-state index contributed by atoms with van der Waals surface area (Å²) in [6.45, 7) is 3.80. The van der Waals surface area contributed by atoms with Crippen LogP contribution in [0.15, 0.2) is 16.3 Å². The highest BCUT2D eigenvalue weighted by Crippen LogP contribution is 2.22. The Morgan fingerprint density at radius 3 is 2.75 bits per heavy atom. The summed E-state index contributed by atoms with van der Waals surface area (Å²) in [5.74, 6) is 0. The zero-order valence-electron chi connectivity index (χ0n) is 9.43. The molecular weight excluding hydrogens is 246 g/mol. The van der Waals surface area contributed by atoms with Crippen molar-refractivity contribution in [3.05, 3.63) is 17.0 Å². The maximum absolute atomic E-state index is 11.9. The van der Waals surface area contributed by atoms with Gasteiger partial charge in [-0.15, -0.1) is 11.3 Å². The van der Waals surface area contributed by atoms with Gasteiger partial charge in [0.15, 0.2) is 0 Å². The summed E-state index contributed by atoms with van der Waals surface area (Å²) in [6.07, 6.45) is 1.26. The first-order valence-electron chi connectivity index (χ1n) is 5.21. The number of rotatable bonds is 6. The average Bonchev–Trinajstić information content (AvgIpc) is 2.67. The zero-order valence-corrected chi connectivity index (χ0v) is 11.1. The molecule has 0 saturated carbocycles. The molecule has 2 N–H and O–H groups in total. The number of hydrogen-bond donors (Lipinski definition) is 2. The van der Waals surface area contributed by atoms with Gasteiger partial charge in [0, 0.05) is 23.9 Å². The van der Waals surface area contributed by atoms with Crippen molar-refractivity contribution in [2.75, 3.05) is 6.61 Å². The van der Waals surface area contributed by atoms with Crippen molar-refractivity contribution < 1.29 is 13.5 Å². The molecule has 16 heavy (non-hydrogen) atoms. The molecule has 0 aliphatic heterocycles. The molecule has 4 nitrogen and oxygen atoms in total. The Bertz CT molecular complexity index is 425. The lowest BCUT2D eigenvalue weighted by atomic mass is 10.3. The minimum Gasteiger partial charge on any atom is -0.396 e. The monoisotopic (exact) mass is 263 g/mol. The summed E-state index contributed by atoms with van der Waals surface area (Å²) in [7, 11) is -3.38. The van der Waals surface area contributed by atoms with Crippen LogP contribution in [0.25, 0.3) is 0 Å². The van der Waals surface area contributed by atoms with Crippen LogP contribution in [0.4, 0.5) is 0 Å². The van der Waals surface area contributed by atoms with Crippen LogP contribution in [0.2, 0.25) is 0 Å². The SMILES string of the molecule is CCC(C)NS(=O)(=O)c1ccc(CCO)s1. The third kappa shape index (κ3) is 3.55. The summed E-state index contributed by atoms with van der Waals surface area (Å²) in [6, 6.07) is 3.26. The van der Waals surface area contributed by atoms with Crippen LogP contribution in [0.5, 0.6) is 0 Å². The van der Waals surface area contributed by atoms with Crippen molar-refractivity contribution >= 4 is 21.4 Å². The van der Waals surface area contributed by atoms with Crippen LogP contribution in [0.3, 0.4) is 0 Å². The summed E-state index contributed by atoms with van der Waals surface area (Å²) in [5, 5.41) is 8.76. The van der Waals surface area contributed by atoms with E-state index in [0.29, 0.717) is 10.6 Å². The van der Waals surface area contributed by atoms with E-state index in [2.05, 4.69) is 4.72 Å². The van der Waals surface area contributed by atoms with E-state index in [-0.39, 0.29) is 12.6 Å². The number of nitrogens with one attached hydrogen (secondary N) is 1. The quantitative estimate of drug-likeness (QED) is 0.814. The van der Waals surface area contributed by atoms with Crippen LogP contribution in [-0.2, 0) is 16.4 Å². The predicted octanol–water partition coefficient (Wildman–Crippen LogP) is 1.36. The van der Waals surface area contributed by atoms with Crippen molar-refractivity contribution in [3.8, 4) is 0 Å². The summed E-state index contributed by atoms with van der Waals surface area (Å²) >= 11 is 1.21. The Morgan fingerprint density at radius 1 is 1.50 bits per heavy atom. The van der Waals surface area contributed by atoms with Gasteiger partial charge in [0.1, 0.15) is 4.21 Å². The molecule has 0 radical (unpaired) electrons. The molecule has 0 bridgehead atoms. The van der Waals surface area contributed by atoms with Gasteiger partial charge in [0.05, 0.1) is 0 Å². The largest absolute Gasteiger partial charge is 0.396 e. The standard InChI is InChI=1S/C10H17NO3S2/c1-3-8(2)11-16(13,14)10-5-4-9(15-10)6-7-12/h4-5,8,11-12H,3,6-7H2,1-2H3. The van der Waals surface area contributed by atoms with E-state index in [1.54, 1.807) is 12.1 Å². The summed E-state index contributed by atoms with van der Waals surface area (Å²) in [5.41, 5.74) is 0. The molecule has 0 aromatic carbocycles. The van der Waals surface area contributed by atoms with E-state index in [1.807, 2.05) is 13.8 Å². The van der Waals surface area contributed by atoms with Gasteiger partial charge in [0.25, 0.3) is 0 Å². The zero-order chi connectivity index (χ0) is 12.2. The van der Waals surface area contributed by atoms with Crippen molar-refractivity contribution in [1.29, 1.82) is 0 Å².